The zero-order chi connectivity index (χ0) is 20.5. The highest BCUT2D eigenvalue weighted by Gasteiger charge is 2.47. The molecule has 0 aromatic heterocycles. The second kappa shape index (κ2) is 8.13. The van der Waals surface area contributed by atoms with Gasteiger partial charge in [-0.3, -0.25) is 9.59 Å². The molecule has 4 rings (SSSR count). The average molecular weight is 456 g/mol. The van der Waals surface area contributed by atoms with Crippen LogP contribution in [0.5, 0.6) is 0 Å². The topological polar surface area (TPSA) is 66.8 Å². The smallest absolute Gasteiger partial charge is 0.295 e. The SMILES string of the molecule is Cc1ccc(C(O)=C2C(=O)C(=O)N(C[C@H]3CCCO3)[C@@H]2c2ccc(Br)cc2)cc1. The number of aliphatic hydroxyl groups is 1. The first-order chi connectivity index (χ1) is 14.0. The third kappa shape index (κ3) is 3.87. The van der Waals surface area contributed by atoms with Crippen LogP contribution in [-0.2, 0) is 14.3 Å². The van der Waals surface area contributed by atoms with E-state index in [-0.39, 0.29) is 17.4 Å². The Kier molecular flexibility index (Phi) is 5.56. The summed E-state index contributed by atoms with van der Waals surface area (Å²) in [6.45, 7) is 2.95. The normalized spacial score (nSPS) is 23.7. The Hall–Kier alpha value is -2.44. The van der Waals surface area contributed by atoms with Crippen LogP contribution in [0.3, 0.4) is 0 Å². The van der Waals surface area contributed by atoms with Gasteiger partial charge in [0.2, 0.25) is 0 Å². The Bertz CT molecular complexity index is 959. The molecular formula is C23H22BrNO4. The molecule has 2 saturated heterocycles. The molecule has 1 amide bonds. The Morgan fingerprint density at radius 2 is 1.83 bits per heavy atom. The standard InChI is InChI=1S/C23H22BrNO4/c1-14-4-6-16(7-5-14)21(26)19-20(15-8-10-17(24)11-9-15)25(23(28)22(19)27)13-18-3-2-12-29-18/h4-11,18,20,26H,2-3,12-13H2,1H3/t18-,20-/m1/s1. The van der Waals surface area contributed by atoms with E-state index in [1.807, 2.05) is 43.3 Å². The molecule has 0 saturated carbocycles. The number of nitrogens with zero attached hydrogens (tertiary/aromatic N) is 1. The maximum absolute atomic E-state index is 13.0. The molecule has 150 valence electrons. The summed E-state index contributed by atoms with van der Waals surface area (Å²) in [7, 11) is 0. The van der Waals surface area contributed by atoms with Crippen molar-refractivity contribution in [3.05, 3.63) is 75.3 Å². The van der Waals surface area contributed by atoms with Gasteiger partial charge in [-0.05, 0) is 37.5 Å². The molecule has 2 aromatic rings. The number of ketones is 1. The first kappa shape index (κ1) is 19.9. The van der Waals surface area contributed by atoms with Crippen molar-refractivity contribution < 1.29 is 19.4 Å². The van der Waals surface area contributed by atoms with Gasteiger partial charge in [0.1, 0.15) is 5.76 Å². The minimum atomic E-state index is -0.658. The Labute approximate surface area is 178 Å². The quantitative estimate of drug-likeness (QED) is 0.422. The van der Waals surface area contributed by atoms with E-state index < -0.39 is 17.7 Å². The van der Waals surface area contributed by atoms with Gasteiger partial charge >= 0.3 is 0 Å². The van der Waals surface area contributed by atoms with E-state index in [2.05, 4.69) is 15.9 Å². The summed E-state index contributed by atoms with van der Waals surface area (Å²) < 4.78 is 6.60. The van der Waals surface area contributed by atoms with Gasteiger partial charge in [-0.15, -0.1) is 0 Å². The number of halogens is 1. The third-order valence-corrected chi connectivity index (χ3v) is 6.00. The first-order valence-corrected chi connectivity index (χ1v) is 10.5. The number of Topliss-reactive ketones (excluding diaryl/α,β-unsaturated/α-hetero) is 1. The highest BCUT2D eigenvalue weighted by molar-refractivity contribution is 9.10. The van der Waals surface area contributed by atoms with Crippen molar-refractivity contribution in [2.45, 2.75) is 31.9 Å². The molecule has 2 atom stereocenters. The fraction of sp³-hybridized carbons (Fsp3) is 0.304. The summed E-state index contributed by atoms with van der Waals surface area (Å²) >= 11 is 3.42. The lowest BCUT2D eigenvalue weighted by Crippen LogP contribution is -2.36. The lowest BCUT2D eigenvalue weighted by molar-refractivity contribution is -0.140. The van der Waals surface area contributed by atoms with Crippen LogP contribution in [0.15, 0.2) is 58.6 Å². The van der Waals surface area contributed by atoms with Crippen molar-refractivity contribution in [3.8, 4) is 0 Å². The van der Waals surface area contributed by atoms with Gasteiger partial charge in [-0.25, -0.2) is 0 Å². The van der Waals surface area contributed by atoms with E-state index in [0.29, 0.717) is 18.7 Å². The van der Waals surface area contributed by atoms with Gasteiger partial charge in [0.25, 0.3) is 11.7 Å². The highest BCUT2D eigenvalue weighted by atomic mass is 79.9. The number of likely N-dealkylation sites (tertiary alicyclic amines) is 1. The number of hydrogen-bond donors (Lipinski definition) is 1. The number of aryl methyl sites for hydroxylation is 1. The van der Waals surface area contributed by atoms with Crippen molar-refractivity contribution in [3.63, 3.8) is 0 Å². The number of benzene rings is 2. The van der Waals surface area contributed by atoms with Gasteiger partial charge in [0.05, 0.1) is 17.7 Å². The largest absolute Gasteiger partial charge is 0.507 e. The van der Waals surface area contributed by atoms with Gasteiger partial charge in [0, 0.05) is 23.2 Å². The number of aliphatic hydroxyl groups excluding tert-OH is 1. The Balaban J connectivity index is 1.81. The van der Waals surface area contributed by atoms with Gasteiger partial charge in [-0.1, -0.05) is 57.9 Å². The van der Waals surface area contributed by atoms with Crippen LogP contribution in [0.1, 0.15) is 35.6 Å². The number of carbonyl (C=O) groups excluding carboxylic acids is 2. The second-order valence-corrected chi connectivity index (χ2v) is 8.42. The van der Waals surface area contributed by atoms with Crippen molar-refractivity contribution in [1.29, 1.82) is 0 Å². The van der Waals surface area contributed by atoms with Crippen LogP contribution in [-0.4, -0.2) is 41.0 Å². The van der Waals surface area contributed by atoms with Crippen LogP contribution in [0.4, 0.5) is 0 Å². The number of ether oxygens (including phenoxy) is 1. The van der Waals surface area contributed by atoms with E-state index in [1.54, 1.807) is 17.0 Å². The predicted molar refractivity (Wildman–Crippen MR) is 113 cm³/mol. The summed E-state index contributed by atoms with van der Waals surface area (Å²) in [5.41, 5.74) is 2.47. The highest BCUT2D eigenvalue weighted by Crippen LogP contribution is 2.40. The van der Waals surface area contributed by atoms with E-state index >= 15 is 0 Å². The maximum Gasteiger partial charge on any atom is 0.295 e. The van der Waals surface area contributed by atoms with Crippen molar-refractivity contribution in [2.75, 3.05) is 13.2 Å². The molecule has 5 nitrogen and oxygen atoms in total. The van der Waals surface area contributed by atoms with Crippen molar-refractivity contribution in [1.82, 2.24) is 4.90 Å². The molecule has 1 N–H and O–H groups in total. The summed E-state index contributed by atoms with van der Waals surface area (Å²) in [6.07, 6.45) is 1.71. The van der Waals surface area contributed by atoms with Crippen molar-refractivity contribution in [2.24, 2.45) is 0 Å². The van der Waals surface area contributed by atoms with E-state index in [1.165, 1.54) is 0 Å². The Morgan fingerprint density at radius 1 is 1.14 bits per heavy atom. The summed E-state index contributed by atoms with van der Waals surface area (Å²) in [5, 5.41) is 11.0. The molecule has 29 heavy (non-hydrogen) atoms. The summed E-state index contributed by atoms with van der Waals surface area (Å²) in [4.78, 5) is 27.4. The Morgan fingerprint density at radius 3 is 2.45 bits per heavy atom. The van der Waals surface area contributed by atoms with Crippen LogP contribution in [0.2, 0.25) is 0 Å². The fourth-order valence-electron chi connectivity index (χ4n) is 3.93. The minimum absolute atomic E-state index is 0.0921. The average Bonchev–Trinajstić information content (AvgIpc) is 3.31. The minimum Gasteiger partial charge on any atom is -0.507 e. The van der Waals surface area contributed by atoms with Gasteiger partial charge in [-0.2, -0.15) is 0 Å². The monoisotopic (exact) mass is 455 g/mol. The zero-order valence-corrected chi connectivity index (χ0v) is 17.7. The molecule has 0 aliphatic carbocycles. The van der Waals surface area contributed by atoms with E-state index in [0.717, 1.165) is 28.4 Å². The van der Waals surface area contributed by atoms with Crippen LogP contribution < -0.4 is 0 Å². The zero-order valence-electron chi connectivity index (χ0n) is 16.1. The third-order valence-electron chi connectivity index (χ3n) is 5.48. The molecule has 6 heteroatoms. The maximum atomic E-state index is 13.0. The predicted octanol–water partition coefficient (Wildman–Crippen LogP) is 4.36. The van der Waals surface area contributed by atoms with Gasteiger partial charge < -0.3 is 14.7 Å². The summed E-state index contributed by atoms with van der Waals surface area (Å²) in [6, 6.07) is 14.1. The van der Waals surface area contributed by atoms with E-state index in [4.69, 9.17) is 4.74 Å². The van der Waals surface area contributed by atoms with Crippen LogP contribution in [0, 0.1) is 6.92 Å². The molecule has 0 bridgehead atoms. The molecule has 2 heterocycles. The molecule has 0 unspecified atom stereocenters. The fourth-order valence-corrected chi connectivity index (χ4v) is 4.20. The van der Waals surface area contributed by atoms with Crippen LogP contribution in [0.25, 0.3) is 5.76 Å². The lowest BCUT2D eigenvalue weighted by atomic mass is 9.95. The molecule has 2 aliphatic rings. The first-order valence-electron chi connectivity index (χ1n) is 9.68. The van der Waals surface area contributed by atoms with Crippen LogP contribution >= 0.6 is 15.9 Å². The number of hydrogen-bond acceptors (Lipinski definition) is 4. The molecule has 2 fully saturated rings. The number of amides is 1. The summed E-state index contributed by atoms with van der Waals surface area (Å²) in [5.74, 6) is -1.40. The lowest BCUT2D eigenvalue weighted by Gasteiger charge is -2.27. The number of rotatable bonds is 4. The molecule has 2 aliphatic heterocycles. The van der Waals surface area contributed by atoms with Gasteiger partial charge in [0.15, 0.2) is 0 Å². The molecular weight excluding hydrogens is 434 g/mol. The molecule has 2 aromatic carbocycles. The molecule has 0 radical (unpaired) electrons. The molecule has 0 spiro atoms. The second-order valence-electron chi connectivity index (χ2n) is 7.50. The van der Waals surface area contributed by atoms with Crippen molar-refractivity contribution >= 4 is 33.4 Å². The number of carbonyl (C=O) groups is 2. The van der Waals surface area contributed by atoms with E-state index in [9.17, 15) is 14.7 Å².